The van der Waals surface area contributed by atoms with Crippen molar-refractivity contribution in [3.63, 3.8) is 0 Å². The largest absolute Gasteiger partial charge is 0.495 e. The molecule has 2 N–H and O–H groups in total. The molecule has 0 aliphatic rings. The van der Waals surface area contributed by atoms with Gasteiger partial charge in [0.25, 0.3) is 0 Å². The Kier molecular flexibility index (Phi) is 5.33. The molecule has 23 heavy (non-hydrogen) atoms. The van der Waals surface area contributed by atoms with Crippen molar-refractivity contribution in [2.24, 2.45) is 12.1 Å². The highest BCUT2D eigenvalue weighted by Crippen LogP contribution is 2.22. The van der Waals surface area contributed by atoms with E-state index in [2.05, 4.69) is 21.9 Å². The Balaban J connectivity index is 2.01. The molecule has 0 unspecified atom stereocenters. The van der Waals surface area contributed by atoms with E-state index in [1.165, 1.54) is 0 Å². The maximum atomic E-state index is 9.01. The van der Waals surface area contributed by atoms with Crippen LogP contribution < -0.4 is 15.5 Å². The van der Waals surface area contributed by atoms with Crippen molar-refractivity contribution in [3.05, 3.63) is 47.3 Å². The van der Waals surface area contributed by atoms with E-state index in [0.29, 0.717) is 16.6 Å². The monoisotopic (exact) mass is 327 g/mol. The normalized spacial score (nSPS) is 10.3. The number of benzene rings is 1. The first-order chi connectivity index (χ1) is 11.1. The number of hydrogen-bond donors (Lipinski definition) is 2. The molecule has 1 aromatic carbocycles. The van der Waals surface area contributed by atoms with Gasteiger partial charge >= 0.3 is 0 Å². The summed E-state index contributed by atoms with van der Waals surface area (Å²) in [5.41, 5.74) is 5.90. The SMILES string of the molecule is COc1ccccc1NC(=S)N/N=C\c1cc(C#N)n(C)c1C. The van der Waals surface area contributed by atoms with Crippen LogP contribution >= 0.6 is 12.2 Å². The molecule has 2 aromatic rings. The number of thiocarbonyl (C=S) groups is 1. The zero-order valence-corrected chi connectivity index (χ0v) is 13.9. The van der Waals surface area contributed by atoms with Gasteiger partial charge < -0.3 is 14.6 Å². The Morgan fingerprint density at radius 2 is 2.17 bits per heavy atom. The molecule has 0 saturated heterocycles. The number of hydrogen-bond acceptors (Lipinski definition) is 4. The summed E-state index contributed by atoms with van der Waals surface area (Å²) in [5, 5.41) is 16.5. The van der Waals surface area contributed by atoms with Gasteiger partial charge in [0.2, 0.25) is 0 Å². The minimum Gasteiger partial charge on any atom is -0.495 e. The molecular formula is C16H17N5OS. The van der Waals surface area contributed by atoms with Crippen molar-refractivity contribution in [2.45, 2.75) is 6.92 Å². The Morgan fingerprint density at radius 1 is 1.43 bits per heavy atom. The fourth-order valence-corrected chi connectivity index (χ4v) is 2.18. The van der Waals surface area contributed by atoms with Crippen LogP contribution in [-0.4, -0.2) is 23.0 Å². The molecule has 0 bridgehead atoms. The number of nitrogens with zero attached hydrogens (tertiary/aromatic N) is 3. The van der Waals surface area contributed by atoms with Crippen LogP contribution in [0.3, 0.4) is 0 Å². The van der Waals surface area contributed by atoms with Gasteiger partial charge in [-0.3, -0.25) is 5.43 Å². The average Bonchev–Trinajstić information content (AvgIpc) is 2.83. The Hall–Kier alpha value is -2.85. The van der Waals surface area contributed by atoms with Crippen LogP contribution in [0.25, 0.3) is 0 Å². The number of methoxy groups -OCH3 is 1. The molecule has 118 valence electrons. The molecule has 2 rings (SSSR count). The fraction of sp³-hybridized carbons (Fsp3) is 0.188. The van der Waals surface area contributed by atoms with Crippen molar-refractivity contribution in [2.75, 3.05) is 12.4 Å². The number of rotatable bonds is 4. The molecular weight excluding hydrogens is 310 g/mol. The van der Waals surface area contributed by atoms with Crippen LogP contribution in [0.1, 0.15) is 17.0 Å². The predicted octanol–water partition coefficient (Wildman–Crippen LogP) is 2.53. The lowest BCUT2D eigenvalue weighted by Crippen LogP contribution is -2.24. The Bertz CT molecular complexity index is 788. The quantitative estimate of drug-likeness (QED) is 0.513. The standard InChI is InChI=1S/C16H17N5OS/c1-11-12(8-13(9-17)21(11)2)10-18-20-16(23)19-14-6-4-5-7-15(14)22-3/h4-8,10H,1-3H3,(H2,19,20,23)/b18-10-. The van der Waals surface area contributed by atoms with Gasteiger partial charge in [-0.1, -0.05) is 12.1 Å². The van der Waals surface area contributed by atoms with E-state index in [1.807, 2.05) is 42.8 Å². The highest BCUT2D eigenvalue weighted by atomic mass is 32.1. The zero-order chi connectivity index (χ0) is 16.8. The zero-order valence-electron chi connectivity index (χ0n) is 13.1. The molecule has 6 nitrogen and oxygen atoms in total. The molecule has 0 spiro atoms. The van der Waals surface area contributed by atoms with E-state index in [-0.39, 0.29) is 0 Å². The van der Waals surface area contributed by atoms with Gasteiger partial charge in [-0.25, -0.2) is 0 Å². The molecule has 0 aliphatic heterocycles. The van der Waals surface area contributed by atoms with Gasteiger partial charge in [0.1, 0.15) is 17.5 Å². The number of nitriles is 1. The van der Waals surface area contributed by atoms with Crippen molar-refractivity contribution >= 4 is 29.2 Å². The van der Waals surface area contributed by atoms with Crippen LogP contribution in [0, 0.1) is 18.3 Å². The third-order valence-electron chi connectivity index (χ3n) is 3.41. The van der Waals surface area contributed by atoms with E-state index in [9.17, 15) is 0 Å². The highest BCUT2D eigenvalue weighted by molar-refractivity contribution is 7.80. The Labute approximate surface area is 140 Å². The smallest absolute Gasteiger partial charge is 0.191 e. The third kappa shape index (κ3) is 3.87. The lowest BCUT2D eigenvalue weighted by molar-refractivity contribution is 0.417. The molecule has 1 heterocycles. The maximum Gasteiger partial charge on any atom is 0.191 e. The number of aromatic nitrogens is 1. The van der Waals surface area contributed by atoms with Crippen molar-refractivity contribution in [1.29, 1.82) is 5.26 Å². The second-order valence-electron chi connectivity index (χ2n) is 4.77. The summed E-state index contributed by atoms with van der Waals surface area (Å²) in [4.78, 5) is 0. The van der Waals surface area contributed by atoms with Crippen LogP contribution in [-0.2, 0) is 7.05 Å². The third-order valence-corrected chi connectivity index (χ3v) is 3.61. The summed E-state index contributed by atoms with van der Waals surface area (Å²) in [6, 6.07) is 11.4. The van der Waals surface area contributed by atoms with Gasteiger partial charge in [-0.05, 0) is 37.3 Å². The minimum absolute atomic E-state index is 0.347. The molecule has 0 radical (unpaired) electrons. The first kappa shape index (κ1) is 16.5. The van der Waals surface area contributed by atoms with Crippen molar-refractivity contribution in [3.8, 4) is 11.8 Å². The average molecular weight is 327 g/mol. The topological polar surface area (TPSA) is 74.4 Å². The van der Waals surface area contributed by atoms with Crippen LogP contribution in [0.4, 0.5) is 5.69 Å². The summed E-state index contributed by atoms with van der Waals surface area (Å²) >= 11 is 5.20. The lowest BCUT2D eigenvalue weighted by Gasteiger charge is -2.10. The van der Waals surface area contributed by atoms with E-state index in [0.717, 1.165) is 16.9 Å². The van der Waals surface area contributed by atoms with E-state index < -0.39 is 0 Å². The lowest BCUT2D eigenvalue weighted by atomic mass is 10.3. The molecule has 0 atom stereocenters. The summed E-state index contributed by atoms with van der Waals surface area (Å²) in [5.74, 6) is 0.693. The van der Waals surface area contributed by atoms with E-state index in [4.69, 9.17) is 22.2 Å². The highest BCUT2D eigenvalue weighted by Gasteiger charge is 2.06. The maximum absolute atomic E-state index is 9.01. The molecule has 0 aliphatic carbocycles. The number of nitrogens with one attached hydrogen (secondary N) is 2. The summed E-state index contributed by atoms with van der Waals surface area (Å²) in [6.07, 6.45) is 1.63. The summed E-state index contributed by atoms with van der Waals surface area (Å²) in [7, 11) is 3.44. The van der Waals surface area contributed by atoms with Gasteiger partial charge in [0.05, 0.1) is 19.0 Å². The molecule has 0 saturated carbocycles. The minimum atomic E-state index is 0.347. The van der Waals surface area contributed by atoms with Gasteiger partial charge in [0, 0.05) is 18.3 Å². The van der Waals surface area contributed by atoms with E-state index in [1.54, 1.807) is 19.4 Å². The predicted molar refractivity (Wildman–Crippen MR) is 94.8 cm³/mol. The van der Waals surface area contributed by atoms with Gasteiger partial charge in [0.15, 0.2) is 5.11 Å². The number of para-hydroxylation sites is 2. The summed E-state index contributed by atoms with van der Waals surface area (Å²) < 4.78 is 7.05. The van der Waals surface area contributed by atoms with Crippen LogP contribution in [0.5, 0.6) is 5.75 Å². The molecule has 7 heteroatoms. The molecule has 1 aromatic heterocycles. The van der Waals surface area contributed by atoms with Gasteiger partial charge in [-0.15, -0.1) is 0 Å². The van der Waals surface area contributed by atoms with Crippen molar-refractivity contribution in [1.82, 2.24) is 9.99 Å². The first-order valence-corrected chi connectivity index (χ1v) is 7.27. The number of anilines is 1. The second-order valence-corrected chi connectivity index (χ2v) is 5.17. The molecule has 0 fully saturated rings. The fourth-order valence-electron chi connectivity index (χ4n) is 2.02. The van der Waals surface area contributed by atoms with Crippen LogP contribution in [0.15, 0.2) is 35.4 Å². The van der Waals surface area contributed by atoms with Gasteiger partial charge in [-0.2, -0.15) is 10.4 Å². The second kappa shape index (κ2) is 7.42. The van der Waals surface area contributed by atoms with E-state index >= 15 is 0 Å². The summed E-state index contributed by atoms with van der Waals surface area (Å²) in [6.45, 7) is 1.92. The van der Waals surface area contributed by atoms with Crippen LogP contribution in [0.2, 0.25) is 0 Å². The first-order valence-electron chi connectivity index (χ1n) is 6.86. The van der Waals surface area contributed by atoms with Crippen molar-refractivity contribution < 1.29 is 4.74 Å². The number of ether oxygens (including phenoxy) is 1. The number of hydrazone groups is 1. The Morgan fingerprint density at radius 3 is 2.83 bits per heavy atom. The molecule has 0 amide bonds.